The Bertz CT molecular complexity index is 135. The van der Waals surface area contributed by atoms with Crippen molar-refractivity contribution in [2.24, 2.45) is 0 Å². The van der Waals surface area contributed by atoms with Crippen molar-refractivity contribution in [2.75, 3.05) is 14.1 Å². The lowest BCUT2D eigenvalue weighted by atomic mass is 10.9. The van der Waals surface area contributed by atoms with Crippen LogP contribution in [-0.2, 0) is 11.3 Å². The number of carbonyl (C=O) groups excluding carboxylic acids is 1. The molecule has 54 valence electrons. The van der Waals surface area contributed by atoms with Gasteiger partial charge in [0.25, 0.3) is 0 Å². The van der Waals surface area contributed by atoms with Crippen LogP contribution in [0.5, 0.6) is 0 Å². The van der Waals surface area contributed by atoms with Gasteiger partial charge in [0, 0.05) is 25.4 Å². The fourth-order valence-electron chi connectivity index (χ4n) is 0.163. The molecule has 0 heterocycles. The topological polar surface area (TPSA) is 72.5 Å². The van der Waals surface area contributed by atoms with Crippen LogP contribution in [-0.4, -0.2) is 33.8 Å². The Morgan fingerprint density at radius 2 is 2.11 bits per heavy atom. The molecule has 0 aromatic carbocycles. The highest BCUT2D eigenvalue weighted by Crippen LogP contribution is 1.75. The number of urea groups is 1. The van der Waals surface area contributed by atoms with Gasteiger partial charge in [-0.3, -0.25) is 8.93 Å². The van der Waals surface area contributed by atoms with Crippen LogP contribution in [0.1, 0.15) is 0 Å². The van der Waals surface area contributed by atoms with Gasteiger partial charge in [0.2, 0.25) is 0 Å². The van der Waals surface area contributed by atoms with Gasteiger partial charge in [0.1, 0.15) is 0 Å². The van der Waals surface area contributed by atoms with Crippen molar-refractivity contribution in [1.82, 2.24) is 9.62 Å². The summed E-state index contributed by atoms with van der Waals surface area (Å²) < 4.78 is 21.2. The average Bonchev–Trinajstić information content (AvgIpc) is 1.63. The van der Waals surface area contributed by atoms with Crippen LogP contribution in [0, 0.1) is 0 Å². The molecule has 9 heavy (non-hydrogen) atoms. The normalized spacial score (nSPS) is 12.3. The van der Waals surface area contributed by atoms with Gasteiger partial charge in [0.05, 0.1) is 0 Å². The Morgan fingerprint density at radius 1 is 1.67 bits per heavy atom. The molecule has 0 spiro atoms. The third kappa shape index (κ3) is 3.92. The minimum Gasteiger partial charge on any atom is -0.755 e. The van der Waals surface area contributed by atoms with Gasteiger partial charge < -0.3 is 9.45 Å². The lowest BCUT2D eigenvalue weighted by Gasteiger charge is -2.12. The molecule has 0 aromatic heterocycles. The van der Waals surface area contributed by atoms with E-state index in [0.717, 1.165) is 4.90 Å². The molecular formula is C3H7N2O3S-. The van der Waals surface area contributed by atoms with Crippen LogP contribution >= 0.6 is 0 Å². The van der Waals surface area contributed by atoms with Crippen LogP contribution in [0.2, 0.25) is 0 Å². The maximum atomic E-state index is 10.4. The van der Waals surface area contributed by atoms with Crippen LogP contribution < -0.4 is 4.72 Å². The van der Waals surface area contributed by atoms with E-state index in [1.807, 2.05) is 0 Å². The Kier molecular flexibility index (Phi) is 3.18. The molecule has 0 saturated carbocycles. The number of carbonyl (C=O) groups is 1. The summed E-state index contributed by atoms with van der Waals surface area (Å²) in [6.45, 7) is 0. The lowest BCUT2D eigenvalue weighted by Crippen LogP contribution is -2.35. The van der Waals surface area contributed by atoms with E-state index in [4.69, 9.17) is 0 Å². The van der Waals surface area contributed by atoms with Gasteiger partial charge in [-0.05, 0) is 0 Å². The molecule has 0 bridgehead atoms. The quantitative estimate of drug-likeness (QED) is 0.491. The number of nitrogens with one attached hydrogen (secondary N) is 1. The molecule has 1 N–H and O–H groups in total. The number of hydrogen-bond donors (Lipinski definition) is 1. The van der Waals surface area contributed by atoms with Crippen LogP contribution in [0.25, 0.3) is 0 Å². The highest BCUT2D eigenvalue weighted by atomic mass is 32.2. The van der Waals surface area contributed by atoms with Crippen molar-refractivity contribution < 1.29 is 13.6 Å². The lowest BCUT2D eigenvalue weighted by molar-refractivity contribution is 0.223. The zero-order chi connectivity index (χ0) is 7.44. The summed E-state index contributed by atoms with van der Waals surface area (Å²) in [5.74, 6) is 0. The molecule has 1 atom stereocenters. The number of hydrogen-bond acceptors (Lipinski definition) is 3. The highest BCUT2D eigenvalue weighted by molar-refractivity contribution is 7.77. The van der Waals surface area contributed by atoms with Gasteiger partial charge in [-0.15, -0.1) is 0 Å². The average molecular weight is 151 g/mol. The minimum absolute atomic E-state index is 0.650. The molecule has 6 heteroatoms. The summed E-state index contributed by atoms with van der Waals surface area (Å²) in [6.07, 6.45) is 0. The monoisotopic (exact) mass is 151 g/mol. The molecule has 0 aliphatic carbocycles. The molecular weight excluding hydrogens is 144 g/mol. The van der Waals surface area contributed by atoms with Gasteiger partial charge in [-0.1, -0.05) is 0 Å². The van der Waals surface area contributed by atoms with Gasteiger partial charge in [-0.25, -0.2) is 4.79 Å². The standard InChI is InChI=1S/C3H8N2O3S/c1-5(2)3(6)4-9(7)8/h1-2H3,(H,4,6)(H,7,8)/p-1. The summed E-state index contributed by atoms with van der Waals surface area (Å²) in [5, 5.41) is 0. The zero-order valence-electron chi connectivity index (χ0n) is 5.08. The SMILES string of the molecule is CN(C)C(=O)NS(=O)[O-]. The molecule has 0 rings (SSSR count). The summed E-state index contributed by atoms with van der Waals surface area (Å²) in [5.41, 5.74) is 0. The third-order valence-corrected chi connectivity index (χ3v) is 0.918. The first-order chi connectivity index (χ1) is 4.04. The Morgan fingerprint density at radius 3 is 2.22 bits per heavy atom. The molecule has 2 amide bonds. The van der Waals surface area contributed by atoms with Crippen molar-refractivity contribution in [1.29, 1.82) is 0 Å². The second-order valence-corrected chi connectivity index (χ2v) is 2.21. The summed E-state index contributed by atoms with van der Waals surface area (Å²) in [6, 6.07) is -0.650. The largest absolute Gasteiger partial charge is 0.755 e. The van der Waals surface area contributed by atoms with E-state index in [1.54, 1.807) is 4.72 Å². The first-order valence-electron chi connectivity index (χ1n) is 2.11. The van der Waals surface area contributed by atoms with Crippen molar-refractivity contribution in [3.63, 3.8) is 0 Å². The fourth-order valence-corrected chi connectivity index (χ4v) is 0.488. The molecule has 0 aliphatic rings. The predicted molar refractivity (Wildman–Crippen MR) is 31.1 cm³/mol. The number of nitrogens with zero attached hydrogens (tertiary/aromatic N) is 1. The minimum atomic E-state index is -2.51. The van der Waals surface area contributed by atoms with E-state index in [1.165, 1.54) is 14.1 Å². The number of rotatable bonds is 1. The van der Waals surface area contributed by atoms with E-state index in [-0.39, 0.29) is 0 Å². The first-order valence-corrected chi connectivity index (χ1v) is 3.18. The van der Waals surface area contributed by atoms with E-state index in [0.29, 0.717) is 0 Å². The molecule has 0 saturated heterocycles. The van der Waals surface area contributed by atoms with Gasteiger partial charge >= 0.3 is 6.03 Å². The fraction of sp³-hybridized carbons (Fsp3) is 0.667. The second-order valence-electron chi connectivity index (χ2n) is 1.54. The van der Waals surface area contributed by atoms with Crippen LogP contribution in [0.3, 0.4) is 0 Å². The molecule has 0 aliphatic heterocycles. The van der Waals surface area contributed by atoms with Crippen LogP contribution in [0.15, 0.2) is 0 Å². The van der Waals surface area contributed by atoms with Crippen LogP contribution in [0.4, 0.5) is 4.79 Å². The van der Waals surface area contributed by atoms with Crippen molar-refractivity contribution in [3.8, 4) is 0 Å². The van der Waals surface area contributed by atoms with Crippen molar-refractivity contribution in [2.45, 2.75) is 0 Å². The van der Waals surface area contributed by atoms with E-state index in [2.05, 4.69) is 0 Å². The van der Waals surface area contributed by atoms with Crippen molar-refractivity contribution >= 4 is 17.3 Å². The smallest absolute Gasteiger partial charge is 0.327 e. The Labute approximate surface area is 55.5 Å². The molecule has 1 unspecified atom stereocenters. The highest BCUT2D eigenvalue weighted by Gasteiger charge is 1.99. The first kappa shape index (κ1) is 8.38. The molecule has 0 fully saturated rings. The van der Waals surface area contributed by atoms with Gasteiger partial charge in [0.15, 0.2) is 0 Å². The second kappa shape index (κ2) is 3.41. The summed E-state index contributed by atoms with van der Waals surface area (Å²) >= 11 is -2.51. The van der Waals surface area contributed by atoms with E-state index in [9.17, 15) is 13.6 Å². The number of amides is 2. The third-order valence-electron chi connectivity index (χ3n) is 0.577. The summed E-state index contributed by atoms with van der Waals surface area (Å²) in [7, 11) is 2.89. The molecule has 0 radical (unpaired) electrons. The Hall–Kier alpha value is -0.620. The van der Waals surface area contributed by atoms with E-state index >= 15 is 0 Å². The van der Waals surface area contributed by atoms with E-state index < -0.39 is 17.3 Å². The van der Waals surface area contributed by atoms with Crippen molar-refractivity contribution in [3.05, 3.63) is 0 Å². The van der Waals surface area contributed by atoms with Gasteiger partial charge in [-0.2, -0.15) is 0 Å². The molecule has 0 aromatic rings. The maximum Gasteiger partial charge on any atom is 0.327 e. The maximum absolute atomic E-state index is 10.4. The predicted octanol–water partition coefficient (Wildman–Crippen LogP) is -0.948. The molecule has 5 nitrogen and oxygen atoms in total. The summed E-state index contributed by atoms with van der Waals surface area (Å²) in [4.78, 5) is 11.5. The zero-order valence-corrected chi connectivity index (χ0v) is 5.90. The Balaban J connectivity index is 3.64.